The van der Waals surface area contributed by atoms with E-state index in [9.17, 15) is 38.4 Å². The number of likely N-dealkylation sites (N-methyl/N-ethyl adjacent to an activating group) is 2. The van der Waals surface area contributed by atoms with E-state index < -0.39 is 88.7 Å². The minimum Gasteiger partial charge on any atom is -0.382 e. The summed E-state index contributed by atoms with van der Waals surface area (Å²) in [5, 5.41) is 23.9. The summed E-state index contributed by atoms with van der Waals surface area (Å²) in [6.07, 6.45) is 11.0. The third-order valence-corrected chi connectivity index (χ3v) is 15.5. The molecule has 3 aliphatic rings. The number of ether oxygens (including phenoxy) is 1. The van der Waals surface area contributed by atoms with Crippen LogP contribution in [0.2, 0.25) is 0 Å². The fourth-order valence-corrected chi connectivity index (χ4v) is 10.3. The number of carbonyl (C=O) groups is 8. The van der Waals surface area contributed by atoms with Gasteiger partial charge in [0.1, 0.15) is 24.2 Å². The Hall–Kier alpha value is -7.48. The lowest BCUT2D eigenvalue weighted by atomic mass is 9.84. The van der Waals surface area contributed by atoms with Crippen LogP contribution in [0.15, 0.2) is 109 Å². The summed E-state index contributed by atoms with van der Waals surface area (Å²) in [4.78, 5) is 116. The zero-order valence-corrected chi connectivity index (χ0v) is 49.6. The van der Waals surface area contributed by atoms with Crippen molar-refractivity contribution < 1.29 is 43.1 Å². The molecule has 9 atom stereocenters. The van der Waals surface area contributed by atoms with Gasteiger partial charge in [-0.25, -0.2) is 0 Å². The highest BCUT2D eigenvalue weighted by Gasteiger charge is 2.47. The van der Waals surface area contributed by atoms with Gasteiger partial charge < -0.3 is 57.1 Å². The van der Waals surface area contributed by atoms with Crippen LogP contribution in [-0.2, 0) is 46.5 Å². The topological polar surface area (TPSA) is 249 Å². The van der Waals surface area contributed by atoms with Crippen LogP contribution in [0.4, 0.5) is 5.69 Å². The Kier molecular flexibility index (Phi) is 22.1. The monoisotopic (exact) mass is 1130 g/mol. The minimum atomic E-state index is -1.00. The molecule has 0 bridgehead atoms. The van der Waals surface area contributed by atoms with Crippen molar-refractivity contribution in [2.24, 2.45) is 10.8 Å². The van der Waals surface area contributed by atoms with Crippen LogP contribution < -0.4 is 42.5 Å². The molecule has 0 radical (unpaired) electrons. The Morgan fingerprint density at radius 3 is 1.87 bits per heavy atom. The zero-order chi connectivity index (χ0) is 60.1. The van der Waals surface area contributed by atoms with Gasteiger partial charge in [-0.15, -0.1) is 0 Å². The first kappa shape index (κ1) is 63.7. The maximum atomic E-state index is 14.9. The van der Waals surface area contributed by atoms with Crippen molar-refractivity contribution in [1.29, 1.82) is 0 Å². The van der Waals surface area contributed by atoms with Gasteiger partial charge in [-0.1, -0.05) is 114 Å². The van der Waals surface area contributed by atoms with Gasteiger partial charge in [0.25, 0.3) is 11.8 Å². The number of fused-ring (bicyclic) bond motifs is 1. The van der Waals surface area contributed by atoms with Crippen LogP contribution in [0.5, 0.6) is 0 Å². The number of hydrogen-bond donors (Lipinski definition) is 8. The number of benzene rings is 3. The van der Waals surface area contributed by atoms with E-state index in [1.165, 1.54) is 34.1 Å². The molecule has 19 nitrogen and oxygen atoms in total. The number of allylic oxidation sites excluding steroid dienone is 4. The molecule has 2 heterocycles. The maximum Gasteiger partial charge on any atom is 0.255 e. The molecule has 3 aromatic carbocycles. The normalized spacial score (nSPS) is 21.0. The zero-order valence-electron chi connectivity index (χ0n) is 49.6. The summed E-state index contributed by atoms with van der Waals surface area (Å²) in [7, 11) is 4.86. The van der Waals surface area contributed by atoms with Crippen molar-refractivity contribution in [1.82, 2.24) is 47.0 Å². The highest BCUT2D eigenvalue weighted by atomic mass is 16.5. The summed E-state index contributed by atoms with van der Waals surface area (Å²) in [5.74, 6) is -3.31. The largest absolute Gasteiger partial charge is 0.382 e. The standard InChI is InChI=1S/C63H86N10O9/c1-38-20-15-13-18-24-46(25-19-21-38)66-58(78)51-34-48(36-73(51)61(81)53(63(7,8)9)71-55(75)40(3)65-11)68-57(77)43-28-26-42(27-29-43)56(76)67-47-31-30-44-33-50(59(79)69-49(37-82-12)41-22-16-14-17-23-41)72(35-45(44)32-47)60(80)52(62(4,5)6)70-54(74)39(2)64-10/h13-18,20,22-23,26-32,39-40,46,48-53,64-65H,1,19,21,24-25,33-37H2,2-12H3,(H,66,78)(H,67,76)(H,68,77)(H,69,79)(H,70,74)(H,71,75)/b18-13-,20-15-/t39-,40-,46-,48-,49+,50-,51-,52+,53?/m0/s1. The van der Waals surface area contributed by atoms with Crippen LogP contribution >= 0.6 is 0 Å². The average molecular weight is 1130 g/mol. The molecule has 0 aromatic heterocycles. The van der Waals surface area contributed by atoms with Crippen LogP contribution in [-0.4, -0.2) is 140 Å². The number of nitrogens with zero attached hydrogens (tertiary/aromatic N) is 2. The molecule has 0 saturated carbocycles. The van der Waals surface area contributed by atoms with E-state index >= 15 is 0 Å². The Bertz CT molecular complexity index is 2860. The third kappa shape index (κ3) is 16.8. The van der Waals surface area contributed by atoms with Gasteiger partial charge in [0.05, 0.1) is 24.7 Å². The number of rotatable bonds is 19. The van der Waals surface area contributed by atoms with Gasteiger partial charge in [-0.2, -0.15) is 0 Å². The summed E-state index contributed by atoms with van der Waals surface area (Å²) >= 11 is 0. The summed E-state index contributed by atoms with van der Waals surface area (Å²) in [5.41, 5.74) is 2.74. The number of anilines is 1. The molecular weight excluding hydrogens is 1040 g/mol. The quantitative estimate of drug-likeness (QED) is 0.0755. The fraction of sp³-hybridized carbons (Fsp3) is 0.492. The van der Waals surface area contributed by atoms with Gasteiger partial charge in [-0.05, 0) is 124 Å². The van der Waals surface area contributed by atoms with Gasteiger partial charge in [0.15, 0.2) is 0 Å². The molecule has 19 heteroatoms. The second-order valence-corrected chi connectivity index (χ2v) is 24.0. The second-order valence-electron chi connectivity index (χ2n) is 24.0. The molecule has 1 fully saturated rings. The molecule has 442 valence electrons. The predicted octanol–water partition coefficient (Wildman–Crippen LogP) is 5.40. The molecule has 0 spiro atoms. The molecule has 6 rings (SSSR count). The number of likely N-dealkylation sites (tertiary alicyclic amines) is 1. The number of methoxy groups -OCH3 is 1. The second kappa shape index (κ2) is 28.5. The molecule has 1 aliphatic carbocycles. The molecule has 8 amide bonds. The van der Waals surface area contributed by atoms with Crippen LogP contribution in [0, 0.1) is 10.8 Å². The fourth-order valence-electron chi connectivity index (χ4n) is 10.3. The lowest BCUT2D eigenvalue weighted by Gasteiger charge is -2.41. The van der Waals surface area contributed by atoms with E-state index in [1.807, 2.05) is 102 Å². The van der Waals surface area contributed by atoms with Crippen molar-refractivity contribution in [3.05, 3.63) is 137 Å². The van der Waals surface area contributed by atoms with E-state index in [1.54, 1.807) is 47.2 Å². The Morgan fingerprint density at radius 1 is 0.683 bits per heavy atom. The predicted molar refractivity (Wildman–Crippen MR) is 317 cm³/mol. The van der Waals surface area contributed by atoms with Crippen molar-refractivity contribution in [3.63, 3.8) is 0 Å². The highest BCUT2D eigenvalue weighted by Crippen LogP contribution is 2.32. The van der Waals surface area contributed by atoms with Crippen LogP contribution in [0.25, 0.3) is 0 Å². The molecule has 82 heavy (non-hydrogen) atoms. The van der Waals surface area contributed by atoms with Crippen LogP contribution in [0.1, 0.15) is 131 Å². The van der Waals surface area contributed by atoms with Gasteiger partial charge >= 0.3 is 0 Å². The number of hydrogen-bond acceptors (Lipinski definition) is 11. The molecular formula is C63H86N10O9. The smallest absolute Gasteiger partial charge is 0.255 e. The van der Waals surface area contributed by atoms with Gasteiger partial charge in [0.2, 0.25) is 35.4 Å². The first-order chi connectivity index (χ1) is 38.8. The Labute approximate surface area is 483 Å². The summed E-state index contributed by atoms with van der Waals surface area (Å²) in [6.45, 7) is 18.8. The van der Waals surface area contributed by atoms with E-state index in [4.69, 9.17) is 4.74 Å². The Morgan fingerprint density at radius 2 is 1.28 bits per heavy atom. The molecule has 8 N–H and O–H groups in total. The highest BCUT2D eigenvalue weighted by molar-refractivity contribution is 6.05. The van der Waals surface area contributed by atoms with Gasteiger partial charge in [-0.3, -0.25) is 38.4 Å². The van der Waals surface area contributed by atoms with E-state index in [2.05, 4.69) is 49.1 Å². The van der Waals surface area contributed by atoms with Gasteiger partial charge in [0, 0.05) is 55.5 Å². The number of carbonyl (C=O) groups excluding carboxylic acids is 8. The molecule has 1 saturated heterocycles. The maximum absolute atomic E-state index is 14.9. The lowest BCUT2D eigenvalue weighted by Crippen LogP contribution is -2.62. The lowest BCUT2D eigenvalue weighted by molar-refractivity contribution is -0.147. The van der Waals surface area contributed by atoms with Crippen molar-refractivity contribution in [2.75, 3.05) is 39.7 Å². The first-order valence-electron chi connectivity index (χ1n) is 28.4. The number of nitrogens with one attached hydrogen (secondary N) is 8. The van der Waals surface area contributed by atoms with Crippen molar-refractivity contribution in [2.45, 2.75) is 155 Å². The number of amides is 8. The SMILES string of the molecule is C=C1/C=C\C=C/C[C@H](NC(=O)[C@@H]2C[C@H](NC(=O)c3ccc(C(=O)Nc4ccc5c(c4)CN(C(=O)[C@@H](NC(=O)[C@H](C)NC)C(C)(C)C)[C@H](C(=O)N[C@H](COC)c4ccccc4)C5)cc3)CN2C(=O)C(NC(=O)[C@H](C)NC)C(C)(C)C)CCC1. The first-order valence-corrected chi connectivity index (χ1v) is 28.4. The van der Waals surface area contributed by atoms with Crippen molar-refractivity contribution >= 4 is 52.9 Å². The van der Waals surface area contributed by atoms with E-state index in [-0.39, 0.29) is 67.4 Å². The average Bonchev–Trinajstić information content (AvgIpc) is 3.90. The minimum absolute atomic E-state index is 0.000972. The van der Waals surface area contributed by atoms with E-state index in [0.717, 1.165) is 29.5 Å². The third-order valence-electron chi connectivity index (χ3n) is 15.5. The Balaban J connectivity index is 1.19. The molecule has 3 aromatic rings. The van der Waals surface area contributed by atoms with Crippen LogP contribution in [0.3, 0.4) is 0 Å². The summed E-state index contributed by atoms with van der Waals surface area (Å²) < 4.78 is 5.50. The van der Waals surface area contributed by atoms with E-state index in [0.29, 0.717) is 24.1 Å². The molecule has 2 aliphatic heterocycles. The molecule has 1 unspecified atom stereocenters. The van der Waals surface area contributed by atoms with Crippen molar-refractivity contribution in [3.8, 4) is 0 Å². The summed E-state index contributed by atoms with van der Waals surface area (Å²) in [6, 6.07) is 14.4.